The van der Waals surface area contributed by atoms with Crippen molar-refractivity contribution >= 4 is 16.6 Å². The molecule has 21 heavy (non-hydrogen) atoms. The Hall–Kier alpha value is -1.87. The summed E-state index contributed by atoms with van der Waals surface area (Å²) < 4.78 is 5.22. The zero-order valence-electron chi connectivity index (χ0n) is 12.2. The number of hydrogen-bond acceptors (Lipinski definition) is 3. The van der Waals surface area contributed by atoms with Crippen molar-refractivity contribution in [1.82, 2.24) is 0 Å². The van der Waals surface area contributed by atoms with Crippen LogP contribution in [-0.4, -0.2) is 18.0 Å². The molecule has 0 radical (unpaired) electrons. The van der Waals surface area contributed by atoms with Crippen molar-refractivity contribution in [3.8, 4) is 5.75 Å². The molecule has 0 saturated heterocycles. The number of ether oxygens (including phenoxy) is 1. The number of carbonyl (C=O) groups is 1. The molecule has 1 aliphatic rings. The molecule has 2 atom stereocenters. The van der Waals surface area contributed by atoms with Crippen LogP contribution in [0.25, 0.3) is 10.8 Å². The number of hydrogen-bond donors (Lipinski definition) is 1. The lowest BCUT2D eigenvalue weighted by molar-refractivity contribution is -0.128. The average molecular weight is 284 g/mol. The van der Waals surface area contributed by atoms with E-state index in [1.165, 1.54) is 0 Å². The third-order valence-corrected chi connectivity index (χ3v) is 4.40. The van der Waals surface area contributed by atoms with E-state index < -0.39 is 6.10 Å². The molecule has 3 heteroatoms. The van der Waals surface area contributed by atoms with Crippen LogP contribution >= 0.6 is 0 Å². The zero-order chi connectivity index (χ0) is 14.8. The predicted octanol–water partition coefficient (Wildman–Crippen LogP) is 3.64. The van der Waals surface area contributed by atoms with Crippen LogP contribution in [-0.2, 0) is 4.79 Å². The Balaban J connectivity index is 1.91. The first-order chi connectivity index (χ1) is 10.2. The Labute approximate surface area is 124 Å². The van der Waals surface area contributed by atoms with E-state index in [9.17, 15) is 9.90 Å². The Kier molecular flexibility index (Phi) is 3.93. The number of carbonyl (C=O) groups excluding carboxylic acids is 1. The van der Waals surface area contributed by atoms with Crippen LogP contribution in [0.5, 0.6) is 5.75 Å². The van der Waals surface area contributed by atoms with Crippen molar-refractivity contribution in [2.45, 2.75) is 31.8 Å². The van der Waals surface area contributed by atoms with Crippen LogP contribution in [0.4, 0.5) is 0 Å². The van der Waals surface area contributed by atoms with Gasteiger partial charge in [-0.25, -0.2) is 0 Å². The van der Waals surface area contributed by atoms with Crippen molar-refractivity contribution < 1.29 is 14.6 Å². The summed E-state index contributed by atoms with van der Waals surface area (Å²) in [5.41, 5.74) is 0.827. The minimum Gasteiger partial charge on any atom is -0.497 e. The monoisotopic (exact) mass is 284 g/mol. The largest absolute Gasteiger partial charge is 0.497 e. The van der Waals surface area contributed by atoms with E-state index >= 15 is 0 Å². The number of fused-ring (bicyclic) bond motifs is 1. The normalized spacial score (nSPS) is 20.5. The number of aliphatic hydroxyl groups is 1. The number of Topliss-reactive ketones (excluding diaryl/α,β-unsaturated/α-hetero) is 1. The molecule has 110 valence electrons. The molecule has 0 aliphatic heterocycles. The Morgan fingerprint density at radius 1 is 1.14 bits per heavy atom. The maximum atomic E-state index is 12.0. The summed E-state index contributed by atoms with van der Waals surface area (Å²) in [6.45, 7) is 0. The maximum absolute atomic E-state index is 12.0. The molecule has 0 aromatic heterocycles. The molecule has 1 N–H and O–H groups in total. The Morgan fingerprint density at radius 2 is 1.90 bits per heavy atom. The number of aliphatic hydroxyl groups excluding tert-OH is 1. The Morgan fingerprint density at radius 3 is 2.67 bits per heavy atom. The van der Waals surface area contributed by atoms with Gasteiger partial charge in [0.05, 0.1) is 13.2 Å². The third kappa shape index (κ3) is 2.79. The van der Waals surface area contributed by atoms with Crippen molar-refractivity contribution in [3.63, 3.8) is 0 Å². The van der Waals surface area contributed by atoms with Gasteiger partial charge >= 0.3 is 0 Å². The van der Waals surface area contributed by atoms with Gasteiger partial charge in [-0.2, -0.15) is 0 Å². The van der Waals surface area contributed by atoms with Gasteiger partial charge in [-0.1, -0.05) is 24.6 Å². The molecule has 0 bridgehead atoms. The first kappa shape index (κ1) is 14.1. The molecule has 1 saturated carbocycles. The van der Waals surface area contributed by atoms with E-state index in [1.54, 1.807) is 7.11 Å². The van der Waals surface area contributed by atoms with Crippen LogP contribution < -0.4 is 4.74 Å². The van der Waals surface area contributed by atoms with Crippen molar-refractivity contribution in [1.29, 1.82) is 0 Å². The highest BCUT2D eigenvalue weighted by Crippen LogP contribution is 2.33. The van der Waals surface area contributed by atoms with E-state index in [4.69, 9.17) is 4.74 Å². The lowest BCUT2D eigenvalue weighted by Crippen LogP contribution is -2.25. The molecule has 3 nitrogen and oxygen atoms in total. The fourth-order valence-corrected chi connectivity index (χ4v) is 3.13. The van der Waals surface area contributed by atoms with Crippen LogP contribution in [0.2, 0.25) is 0 Å². The molecule has 0 heterocycles. The van der Waals surface area contributed by atoms with Gasteiger partial charge in [0.25, 0.3) is 0 Å². The summed E-state index contributed by atoms with van der Waals surface area (Å²) in [4.78, 5) is 12.0. The fourth-order valence-electron chi connectivity index (χ4n) is 3.13. The molecule has 0 spiro atoms. The van der Waals surface area contributed by atoms with Gasteiger partial charge in [-0.05, 0) is 47.4 Å². The highest BCUT2D eigenvalue weighted by Gasteiger charge is 2.29. The molecular weight excluding hydrogens is 264 g/mol. The maximum Gasteiger partial charge on any atom is 0.138 e. The van der Waals surface area contributed by atoms with E-state index in [0.29, 0.717) is 6.42 Å². The van der Waals surface area contributed by atoms with Gasteiger partial charge in [0.1, 0.15) is 11.5 Å². The second-order valence-electron chi connectivity index (χ2n) is 5.74. The van der Waals surface area contributed by atoms with Crippen molar-refractivity contribution in [2.75, 3.05) is 7.11 Å². The summed E-state index contributed by atoms with van der Waals surface area (Å²) in [5, 5.41) is 12.7. The zero-order valence-corrected chi connectivity index (χ0v) is 12.2. The van der Waals surface area contributed by atoms with E-state index in [-0.39, 0.29) is 11.7 Å². The molecule has 1 fully saturated rings. The van der Waals surface area contributed by atoms with E-state index in [0.717, 1.165) is 41.3 Å². The standard InChI is InChI=1S/C18H20O3/c1-21-15-9-8-12-10-14(7-6-13(12)11-15)18(20)16-4-2-3-5-17(16)19/h6-11,16,18,20H,2-5H2,1H3/t16-,18-/m1/s1. The number of methoxy groups -OCH3 is 1. The molecule has 0 amide bonds. The fraction of sp³-hybridized carbons (Fsp3) is 0.389. The topological polar surface area (TPSA) is 46.5 Å². The molecule has 0 unspecified atom stereocenters. The van der Waals surface area contributed by atoms with Crippen LogP contribution in [0.3, 0.4) is 0 Å². The quantitative estimate of drug-likeness (QED) is 0.936. The first-order valence-corrected chi connectivity index (χ1v) is 7.47. The second kappa shape index (κ2) is 5.86. The summed E-state index contributed by atoms with van der Waals surface area (Å²) in [6.07, 6.45) is 2.69. The van der Waals surface area contributed by atoms with Crippen LogP contribution in [0, 0.1) is 5.92 Å². The summed E-state index contributed by atoms with van der Waals surface area (Å²) in [6, 6.07) is 11.7. The minimum atomic E-state index is -0.690. The van der Waals surface area contributed by atoms with E-state index in [2.05, 4.69) is 0 Å². The van der Waals surface area contributed by atoms with Gasteiger partial charge in [-0.15, -0.1) is 0 Å². The summed E-state index contributed by atoms with van der Waals surface area (Å²) in [5.74, 6) is 0.774. The second-order valence-corrected chi connectivity index (χ2v) is 5.74. The van der Waals surface area contributed by atoms with Gasteiger partial charge in [0.15, 0.2) is 0 Å². The van der Waals surface area contributed by atoms with Gasteiger partial charge in [-0.3, -0.25) is 4.79 Å². The third-order valence-electron chi connectivity index (χ3n) is 4.40. The highest BCUT2D eigenvalue weighted by atomic mass is 16.5. The van der Waals surface area contributed by atoms with Crippen LogP contribution in [0.15, 0.2) is 36.4 Å². The highest BCUT2D eigenvalue weighted by molar-refractivity contribution is 5.85. The average Bonchev–Trinajstić information content (AvgIpc) is 2.53. The number of ketones is 1. The SMILES string of the molecule is COc1ccc2cc([C@@H](O)[C@@H]3CCCCC3=O)ccc2c1. The Bertz CT molecular complexity index is 663. The lowest BCUT2D eigenvalue weighted by Gasteiger charge is -2.25. The smallest absolute Gasteiger partial charge is 0.138 e. The molecule has 2 aromatic carbocycles. The molecule has 2 aromatic rings. The van der Waals surface area contributed by atoms with Crippen molar-refractivity contribution in [2.24, 2.45) is 5.92 Å². The van der Waals surface area contributed by atoms with Gasteiger partial charge in [0.2, 0.25) is 0 Å². The summed E-state index contributed by atoms with van der Waals surface area (Å²) >= 11 is 0. The lowest BCUT2D eigenvalue weighted by atomic mass is 9.81. The van der Waals surface area contributed by atoms with Gasteiger partial charge in [0, 0.05) is 12.3 Å². The predicted molar refractivity (Wildman–Crippen MR) is 82.4 cm³/mol. The molecular formula is C18H20O3. The molecule has 1 aliphatic carbocycles. The summed E-state index contributed by atoms with van der Waals surface area (Å²) in [7, 11) is 1.65. The first-order valence-electron chi connectivity index (χ1n) is 7.47. The van der Waals surface area contributed by atoms with Gasteiger partial charge < -0.3 is 9.84 Å². The number of benzene rings is 2. The minimum absolute atomic E-state index is 0.198. The number of rotatable bonds is 3. The molecule has 3 rings (SSSR count). The van der Waals surface area contributed by atoms with Crippen LogP contribution in [0.1, 0.15) is 37.4 Å². The van der Waals surface area contributed by atoms with E-state index in [1.807, 2.05) is 36.4 Å². The van der Waals surface area contributed by atoms with Crippen molar-refractivity contribution in [3.05, 3.63) is 42.0 Å².